The molecule has 0 aromatic carbocycles. The first-order chi connectivity index (χ1) is 7.11. The third kappa shape index (κ3) is 4.12. The largest absolute Gasteiger partial charge is 0.465 e. The number of esters is 1. The molecule has 0 saturated heterocycles. The van der Waals surface area contributed by atoms with Gasteiger partial charge in [-0.15, -0.1) is 0 Å². The van der Waals surface area contributed by atoms with E-state index in [1.807, 2.05) is 0 Å². The molecule has 1 rings (SSSR count). The summed E-state index contributed by atoms with van der Waals surface area (Å²) in [7, 11) is 0. The molecule has 0 aliphatic rings. The number of nitrogens with one attached hydrogen (secondary N) is 1. The van der Waals surface area contributed by atoms with E-state index in [1.54, 1.807) is 19.9 Å². The summed E-state index contributed by atoms with van der Waals surface area (Å²) in [4.78, 5) is 19.0. The van der Waals surface area contributed by atoms with Gasteiger partial charge in [-0.3, -0.25) is 4.79 Å². The molecule has 0 amide bonds. The number of anilines is 1. The first-order valence-corrected chi connectivity index (χ1v) is 4.90. The van der Waals surface area contributed by atoms with Crippen molar-refractivity contribution in [2.45, 2.75) is 13.8 Å². The Morgan fingerprint density at radius 1 is 1.60 bits per heavy atom. The van der Waals surface area contributed by atoms with E-state index in [0.717, 1.165) is 0 Å². The molecule has 0 saturated carbocycles. The molecule has 0 fully saturated rings. The van der Waals surface area contributed by atoms with Gasteiger partial charge in [0.1, 0.15) is 23.3 Å². The quantitative estimate of drug-likeness (QED) is 0.625. The van der Waals surface area contributed by atoms with Gasteiger partial charge in [-0.25, -0.2) is 9.97 Å². The molecule has 0 radical (unpaired) electrons. The molecular weight excluding hydrogens is 218 g/mol. The van der Waals surface area contributed by atoms with Gasteiger partial charge in [0.25, 0.3) is 0 Å². The summed E-state index contributed by atoms with van der Waals surface area (Å²) >= 11 is 5.72. The second kappa shape index (κ2) is 5.50. The Morgan fingerprint density at radius 3 is 2.93 bits per heavy atom. The summed E-state index contributed by atoms with van der Waals surface area (Å²) in [6.45, 7) is 3.91. The Morgan fingerprint density at radius 2 is 2.33 bits per heavy atom. The summed E-state index contributed by atoms with van der Waals surface area (Å²) in [5, 5.41) is 3.14. The highest BCUT2D eigenvalue weighted by Gasteiger charge is 2.03. The van der Waals surface area contributed by atoms with Crippen molar-refractivity contribution in [1.82, 2.24) is 9.97 Å². The lowest BCUT2D eigenvalue weighted by molar-refractivity contribution is -0.140. The smallest absolute Gasteiger partial charge is 0.325 e. The fraction of sp³-hybridized carbons (Fsp3) is 0.444. The summed E-state index contributed by atoms with van der Waals surface area (Å²) in [5.74, 6) is 0.735. The van der Waals surface area contributed by atoms with Crippen LogP contribution in [0.5, 0.6) is 0 Å². The lowest BCUT2D eigenvalue weighted by atomic mass is 10.5. The van der Waals surface area contributed by atoms with Crippen molar-refractivity contribution in [2.24, 2.45) is 0 Å². The van der Waals surface area contributed by atoms with Crippen LogP contribution >= 0.6 is 11.6 Å². The summed E-state index contributed by atoms with van der Waals surface area (Å²) < 4.78 is 4.75. The monoisotopic (exact) mass is 229 g/mol. The Balaban J connectivity index is 2.54. The minimum absolute atomic E-state index is 0.0701. The number of halogens is 1. The second-order valence-corrected chi connectivity index (χ2v) is 3.17. The highest BCUT2D eigenvalue weighted by Crippen LogP contribution is 2.10. The molecule has 15 heavy (non-hydrogen) atoms. The Labute approximate surface area is 92.8 Å². The van der Waals surface area contributed by atoms with E-state index < -0.39 is 0 Å². The standard InChI is InChI=1S/C9H12ClN3O2/c1-3-15-9(14)5-11-8-4-7(10)12-6(2)13-8/h4H,3,5H2,1-2H3,(H,11,12,13). The molecule has 0 atom stereocenters. The van der Waals surface area contributed by atoms with Gasteiger partial charge in [-0.1, -0.05) is 11.6 Å². The van der Waals surface area contributed by atoms with Crippen LogP contribution < -0.4 is 5.32 Å². The Bertz CT molecular complexity index is 337. The zero-order chi connectivity index (χ0) is 11.3. The highest BCUT2D eigenvalue weighted by molar-refractivity contribution is 6.29. The average molecular weight is 230 g/mol. The number of carbonyl (C=O) groups excluding carboxylic acids is 1. The van der Waals surface area contributed by atoms with Crippen LogP contribution in [0.15, 0.2) is 6.07 Å². The summed E-state index contributed by atoms with van der Waals surface area (Å²) in [6.07, 6.45) is 0. The second-order valence-electron chi connectivity index (χ2n) is 2.78. The number of hydrogen-bond acceptors (Lipinski definition) is 5. The van der Waals surface area contributed by atoms with Gasteiger partial charge >= 0.3 is 5.97 Å². The topological polar surface area (TPSA) is 64.1 Å². The van der Waals surface area contributed by atoms with Crippen LogP contribution in [0.25, 0.3) is 0 Å². The number of rotatable bonds is 4. The zero-order valence-corrected chi connectivity index (χ0v) is 9.34. The van der Waals surface area contributed by atoms with Gasteiger partial charge in [0.2, 0.25) is 0 Å². The molecule has 0 aliphatic heterocycles. The van der Waals surface area contributed by atoms with E-state index in [9.17, 15) is 4.79 Å². The fourth-order valence-electron chi connectivity index (χ4n) is 0.997. The lowest BCUT2D eigenvalue weighted by Crippen LogP contribution is -2.17. The van der Waals surface area contributed by atoms with Gasteiger partial charge in [0.15, 0.2) is 0 Å². The molecule has 1 N–H and O–H groups in total. The third-order valence-corrected chi connectivity index (χ3v) is 1.72. The average Bonchev–Trinajstić information content (AvgIpc) is 2.14. The van der Waals surface area contributed by atoms with Crippen molar-refractivity contribution in [3.05, 3.63) is 17.0 Å². The lowest BCUT2D eigenvalue weighted by Gasteiger charge is -2.05. The zero-order valence-electron chi connectivity index (χ0n) is 8.58. The molecule has 6 heteroatoms. The molecular formula is C9H12ClN3O2. The van der Waals surface area contributed by atoms with Crippen LogP contribution in [0.4, 0.5) is 5.82 Å². The molecule has 0 spiro atoms. The molecule has 5 nitrogen and oxygen atoms in total. The number of aromatic nitrogens is 2. The number of carbonyl (C=O) groups is 1. The number of nitrogens with zero attached hydrogens (tertiary/aromatic N) is 2. The minimum Gasteiger partial charge on any atom is -0.465 e. The van der Waals surface area contributed by atoms with Crippen LogP contribution in [-0.4, -0.2) is 29.1 Å². The maximum atomic E-state index is 11.0. The van der Waals surface area contributed by atoms with Crippen molar-refractivity contribution in [3.63, 3.8) is 0 Å². The van der Waals surface area contributed by atoms with Crippen LogP contribution in [0.1, 0.15) is 12.7 Å². The van der Waals surface area contributed by atoms with Gasteiger partial charge in [-0.05, 0) is 13.8 Å². The van der Waals surface area contributed by atoms with Crippen molar-refractivity contribution in [2.75, 3.05) is 18.5 Å². The van der Waals surface area contributed by atoms with E-state index in [1.165, 1.54) is 0 Å². The van der Waals surface area contributed by atoms with Crippen LogP contribution in [0, 0.1) is 6.92 Å². The molecule has 0 bridgehead atoms. The van der Waals surface area contributed by atoms with Crippen LogP contribution in [0.2, 0.25) is 5.15 Å². The molecule has 0 unspecified atom stereocenters. The molecule has 1 aromatic rings. The van der Waals surface area contributed by atoms with Crippen molar-refractivity contribution >= 4 is 23.4 Å². The van der Waals surface area contributed by atoms with Crippen molar-refractivity contribution < 1.29 is 9.53 Å². The van der Waals surface area contributed by atoms with Crippen LogP contribution in [0.3, 0.4) is 0 Å². The first kappa shape index (κ1) is 11.7. The van der Waals surface area contributed by atoms with E-state index >= 15 is 0 Å². The Hall–Kier alpha value is -1.36. The fourth-order valence-corrected chi connectivity index (χ4v) is 1.22. The summed E-state index contributed by atoms with van der Waals surface area (Å²) in [5.41, 5.74) is 0. The van der Waals surface area contributed by atoms with Gasteiger partial charge in [0, 0.05) is 6.07 Å². The van der Waals surface area contributed by atoms with E-state index in [4.69, 9.17) is 16.3 Å². The van der Waals surface area contributed by atoms with Crippen molar-refractivity contribution in [3.8, 4) is 0 Å². The first-order valence-electron chi connectivity index (χ1n) is 4.52. The predicted octanol–water partition coefficient (Wildman–Crippen LogP) is 1.41. The maximum Gasteiger partial charge on any atom is 0.325 e. The molecule has 1 aromatic heterocycles. The number of ether oxygens (including phenoxy) is 1. The third-order valence-electron chi connectivity index (χ3n) is 1.53. The SMILES string of the molecule is CCOC(=O)CNc1cc(Cl)nc(C)n1. The number of hydrogen-bond donors (Lipinski definition) is 1. The van der Waals surface area contributed by atoms with Crippen molar-refractivity contribution in [1.29, 1.82) is 0 Å². The predicted molar refractivity (Wildman–Crippen MR) is 56.9 cm³/mol. The van der Waals surface area contributed by atoms with E-state index in [-0.39, 0.29) is 12.5 Å². The van der Waals surface area contributed by atoms with Gasteiger partial charge in [-0.2, -0.15) is 0 Å². The Kier molecular flexibility index (Phi) is 4.30. The molecule has 0 aliphatic carbocycles. The minimum atomic E-state index is -0.329. The normalized spacial score (nSPS) is 9.80. The van der Waals surface area contributed by atoms with Gasteiger partial charge < -0.3 is 10.1 Å². The number of aryl methyl sites for hydroxylation is 1. The molecule has 1 heterocycles. The molecule has 82 valence electrons. The summed E-state index contributed by atoms with van der Waals surface area (Å²) in [6, 6.07) is 1.55. The van der Waals surface area contributed by atoms with E-state index in [0.29, 0.717) is 23.4 Å². The van der Waals surface area contributed by atoms with E-state index in [2.05, 4.69) is 15.3 Å². The van der Waals surface area contributed by atoms with Crippen LogP contribution in [-0.2, 0) is 9.53 Å². The van der Waals surface area contributed by atoms with Gasteiger partial charge in [0.05, 0.1) is 6.61 Å². The highest BCUT2D eigenvalue weighted by atomic mass is 35.5. The maximum absolute atomic E-state index is 11.0.